The SMILES string of the molecule is CCN(CC)C(=O)COc1cccc(NC(=O)CC(N)c2ccccc2)c1.Cl. The van der Waals surface area contributed by atoms with Gasteiger partial charge in [-0.1, -0.05) is 36.4 Å². The Hall–Kier alpha value is -2.57. The van der Waals surface area contributed by atoms with Gasteiger partial charge in [-0.15, -0.1) is 12.4 Å². The van der Waals surface area contributed by atoms with E-state index in [1.165, 1.54) is 0 Å². The minimum absolute atomic E-state index is 0. The van der Waals surface area contributed by atoms with E-state index in [0.717, 1.165) is 5.56 Å². The molecule has 0 aliphatic heterocycles. The van der Waals surface area contributed by atoms with E-state index in [1.54, 1.807) is 29.2 Å². The van der Waals surface area contributed by atoms with Crippen LogP contribution in [0.1, 0.15) is 31.9 Å². The van der Waals surface area contributed by atoms with Gasteiger partial charge in [0.1, 0.15) is 5.75 Å². The fourth-order valence-electron chi connectivity index (χ4n) is 2.71. The van der Waals surface area contributed by atoms with E-state index < -0.39 is 0 Å². The van der Waals surface area contributed by atoms with Gasteiger partial charge in [0.2, 0.25) is 5.91 Å². The van der Waals surface area contributed by atoms with E-state index in [0.29, 0.717) is 24.5 Å². The summed E-state index contributed by atoms with van der Waals surface area (Å²) in [5, 5.41) is 2.82. The van der Waals surface area contributed by atoms with E-state index in [9.17, 15) is 9.59 Å². The number of rotatable bonds is 9. The van der Waals surface area contributed by atoms with Gasteiger partial charge in [-0.2, -0.15) is 0 Å². The highest BCUT2D eigenvalue weighted by atomic mass is 35.5. The summed E-state index contributed by atoms with van der Waals surface area (Å²) in [6, 6.07) is 16.1. The number of benzene rings is 2. The Kier molecular flexibility index (Phi) is 10.1. The van der Waals surface area contributed by atoms with Crippen molar-refractivity contribution in [1.29, 1.82) is 0 Å². The molecular formula is C21H28ClN3O3. The molecule has 0 heterocycles. The van der Waals surface area contributed by atoms with Crippen molar-refractivity contribution in [2.24, 2.45) is 5.73 Å². The van der Waals surface area contributed by atoms with Gasteiger partial charge in [0, 0.05) is 37.3 Å². The molecule has 0 spiro atoms. The highest BCUT2D eigenvalue weighted by molar-refractivity contribution is 5.91. The molecule has 1 unspecified atom stereocenters. The zero-order chi connectivity index (χ0) is 19.6. The van der Waals surface area contributed by atoms with Gasteiger partial charge in [0.05, 0.1) is 0 Å². The molecule has 7 heteroatoms. The second-order valence-electron chi connectivity index (χ2n) is 6.15. The van der Waals surface area contributed by atoms with Crippen molar-refractivity contribution in [3.05, 3.63) is 60.2 Å². The quantitative estimate of drug-likeness (QED) is 0.669. The van der Waals surface area contributed by atoms with E-state index in [-0.39, 0.29) is 43.3 Å². The van der Waals surface area contributed by atoms with Gasteiger partial charge in [-0.3, -0.25) is 9.59 Å². The van der Waals surface area contributed by atoms with Crippen LogP contribution in [0.4, 0.5) is 5.69 Å². The summed E-state index contributed by atoms with van der Waals surface area (Å²) in [7, 11) is 0. The summed E-state index contributed by atoms with van der Waals surface area (Å²) in [6.07, 6.45) is 0.176. The average molecular weight is 406 g/mol. The van der Waals surface area contributed by atoms with Crippen molar-refractivity contribution in [3.63, 3.8) is 0 Å². The number of hydrogen-bond acceptors (Lipinski definition) is 4. The summed E-state index contributed by atoms with van der Waals surface area (Å²) >= 11 is 0. The highest BCUT2D eigenvalue weighted by Crippen LogP contribution is 2.19. The zero-order valence-electron chi connectivity index (χ0n) is 16.3. The number of likely N-dealkylation sites (N-methyl/N-ethyl adjacent to an activating group) is 1. The Morgan fingerprint density at radius 3 is 2.39 bits per heavy atom. The van der Waals surface area contributed by atoms with Crippen molar-refractivity contribution in [3.8, 4) is 5.75 Å². The smallest absolute Gasteiger partial charge is 0.260 e. The van der Waals surface area contributed by atoms with Gasteiger partial charge in [-0.05, 0) is 31.5 Å². The molecule has 0 fully saturated rings. The Morgan fingerprint density at radius 2 is 1.75 bits per heavy atom. The predicted octanol–water partition coefficient (Wildman–Crippen LogP) is 3.38. The van der Waals surface area contributed by atoms with Gasteiger partial charge >= 0.3 is 0 Å². The van der Waals surface area contributed by atoms with Crippen LogP contribution in [0.5, 0.6) is 5.75 Å². The lowest BCUT2D eigenvalue weighted by atomic mass is 10.0. The molecule has 2 aromatic carbocycles. The van der Waals surface area contributed by atoms with Crippen LogP contribution < -0.4 is 15.8 Å². The average Bonchev–Trinajstić information content (AvgIpc) is 2.68. The molecule has 0 saturated heterocycles. The van der Waals surface area contributed by atoms with Crippen molar-refractivity contribution in [2.45, 2.75) is 26.3 Å². The summed E-state index contributed by atoms with van der Waals surface area (Å²) < 4.78 is 5.56. The molecule has 28 heavy (non-hydrogen) atoms. The monoisotopic (exact) mass is 405 g/mol. The van der Waals surface area contributed by atoms with Gasteiger partial charge in [-0.25, -0.2) is 0 Å². The number of amides is 2. The fourth-order valence-corrected chi connectivity index (χ4v) is 2.71. The molecule has 0 aliphatic carbocycles. The molecule has 6 nitrogen and oxygen atoms in total. The maximum atomic E-state index is 12.2. The van der Waals surface area contributed by atoms with Crippen molar-refractivity contribution < 1.29 is 14.3 Å². The van der Waals surface area contributed by atoms with Crippen LogP contribution in [-0.4, -0.2) is 36.4 Å². The largest absolute Gasteiger partial charge is 0.484 e. The number of carbonyl (C=O) groups excluding carboxylic acids is 2. The minimum Gasteiger partial charge on any atom is -0.484 e. The first-order valence-corrected chi connectivity index (χ1v) is 9.14. The number of nitrogens with zero attached hydrogens (tertiary/aromatic N) is 1. The molecule has 0 radical (unpaired) electrons. The van der Waals surface area contributed by atoms with E-state index in [2.05, 4.69) is 5.32 Å². The Morgan fingerprint density at radius 1 is 1.07 bits per heavy atom. The third-order valence-corrected chi connectivity index (χ3v) is 4.23. The number of nitrogens with one attached hydrogen (secondary N) is 1. The number of hydrogen-bond donors (Lipinski definition) is 2. The molecule has 0 saturated carbocycles. The van der Waals surface area contributed by atoms with Crippen LogP contribution in [-0.2, 0) is 9.59 Å². The Balaban J connectivity index is 0.00000392. The van der Waals surface area contributed by atoms with Gasteiger partial charge in [0.25, 0.3) is 5.91 Å². The topological polar surface area (TPSA) is 84.7 Å². The van der Waals surface area contributed by atoms with Crippen molar-refractivity contribution in [1.82, 2.24) is 4.90 Å². The van der Waals surface area contributed by atoms with E-state index >= 15 is 0 Å². The number of anilines is 1. The molecular weight excluding hydrogens is 378 g/mol. The first-order chi connectivity index (χ1) is 13.0. The zero-order valence-corrected chi connectivity index (χ0v) is 17.1. The molecule has 2 amide bonds. The lowest BCUT2D eigenvalue weighted by molar-refractivity contribution is -0.133. The standard InChI is InChI=1S/C21H27N3O3.ClH/c1-3-24(4-2)21(26)15-27-18-12-8-11-17(13-18)23-20(25)14-19(22)16-9-6-5-7-10-16;/h5-13,19H,3-4,14-15,22H2,1-2H3,(H,23,25);1H. The van der Waals surface area contributed by atoms with Crippen molar-refractivity contribution >= 4 is 29.9 Å². The first-order valence-electron chi connectivity index (χ1n) is 9.14. The molecule has 2 rings (SSSR count). The molecule has 152 valence electrons. The first kappa shape index (κ1) is 23.5. The Bertz CT molecular complexity index is 752. The van der Waals surface area contributed by atoms with Gasteiger partial charge in [0.15, 0.2) is 6.61 Å². The second kappa shape index (κ2) is 12.0. The molecule has 3 N–H and O–H groups in total. The third-order valence-electron chi connectivity index (χ3n) is 4.23. The van der Waals surface area contributed by atoms with Crippen LogP contribution in [0.15, 0.2) is 54.6 Å². The van der Waals surface area contributed by atoms with Crippen LogP contribution >= 0.6 is 12.4 Å². The summed E-state index contributed by atoms with van der Waals surface area (Å²) in [6.45, 7) is 5.13. The highest BCUT2D eigenvalue weighted by Gasteiger charge is 2.13. The van der Waals surface area contributed by atoms with E-state index in [4.69, 9.17) is 10.5 Å². The maximum absolute atomic E-state index is 12.2. The normalized spacial score (nSPS) is 11.1. The lowest BCUT2D eigenvalue weighted by Crippen LogP contribution is -2.34. The number of carbonyl (C=O) groups is 2. The lowest BCUT2D eigenvalue weighted by Gasteiger charge is -2.18. The number of halogens is 1. The van der Waals surface area contributed by atoms with Gasteiger partial charge < -0.3 is 20.7 Å². The number of nitrogens with two attached hydrogens (primary N) is 1. The summed E-state index contributed by atoms with van der Waals surface area (Å²) in [5.41, 5.74) is 7.61. The molecule has 0 aromatic heterocycles. The van der Waals surface area contributed by atoms with E-state index in [1.807, 2.05) is 44.2 Å². The predicted molar refractivity (Wildman–Crippen MR) is 114 cm³/mol. The second-order valence-corrected chi connectivity index (χ2v) is 6.15. The summed E-state index contributed by atoms with van der Waals surface area (Å²) in [5.74, 6) is 0.284. The van der Waals surface area contributed by atoms with Crippen molar-refractivity contribution in [2.75, 3.05) is 25.0 Å². The van der Waals surface area contributed by atoms with Crippen LogP contribution in [0.3, 0.4) is 0 Å². The maximum Gasteiger partial charge on any atom is 0.260 e. The molecule has 1 atom stereocenters. The summed E-state index contributed by atoms with van der Waals surface area (Å²) in [4.78, 5) is 26.0. The fraction of sp³-hybridized carbons (Fsp3) is 0.333. The molecule has 2 aromatic rings. The molecule has 0 bridgehead atoms. The van der Waals surface area contributed by atoms with Crippen LogP contribution in [0.2, 0.25) is 0 Å². The number of ether oxygens (including phenoxy) is 1. The van der Waals surface area contributed by atoms with Crippen LogP contribution in [0.25, 0.3) is 0 Å². The third kappa shape index (κ3) is 7.21. The van der Waals surface area contributed by atoms with Crippen LogP contribution in [0, 0.1) is 0 Å². The Labute approximate surface area is 172 Å². The molecule has 0 aliphatic rings. The minimum atomic E-state index is -0.364.